The number of hydrogen-bond acceptors (Lipinski definition) is 6. The number of nitrogens with one attached hydrogen (secondary N) is 1. The molecule has 0 amide bonds. The van der Waals surface area contributed by atoms with E-state index >= 15 is 0 Å². The van der Waals surface area contributed by atoms with Crippen molar-refractivity contribution in [2.24, 2.45) is 0 Å². The number of carboxylic acid groups (broad SMARTS) is 1. The van der Waals surface area contributed by atoms with E-state index < -0.39 is 5.97 Å². The van der Waals surface area contributed by atoms with Gasteiger partial charge in [0.1, 0.15) is 0 Å². The van der Waals surface area contributed by atoms with Crippen molar-refractivity contribution in [2.45, 2.75) is 19.3 Å². The monoisotopic (exact) mass is 283 g/mol. The van der Waals surface area contributed by atoms with Crippen LogP contribution in [0.25, 0.3) is 0 Å². The molecule has 2 heterocycles. The van der Waals surface area contributed by atoms with E-state index in [9.17, 15) is 4.79 Å². The summed E-state index contributed by atoms with van der Waals surface area (Å²) in [5.41, 5.74) is 3.73. The number of thiazole rings is 2. The van der Waals surface area contributed by atoms with Crippen LogP contribution in [0.2, 0.25) is 0 Å². The summed E-state index contributed by atoms with van der Waals surface area (Å²) in [5, 5.41) is 16.6. The van der Waals surface area contributed by atoms with Crippen LogP contribution in [0, 0.1) is 0 Å². The number of rotatable bonds is 7. The second-order valence-electron chi connectivity index (χ2n) is 3.69. The molecule has 0 spiro atoms. The van der Waals surface area contributed by atoms with E-state index in [0.717, 1.165) is 29.5 Å². The van der Waals surface area contributed by atoms with Crippen LogP contribution in [0.15, 0.2) is 16.3 Å². The molecule has 0 bridgehead atoms. The van der Waals surface area contributed by atoms with Gasteiger partial charge in [-0.2, -0.15) is 0 Å². The number of aromatic nitrogens is 2. The molecular weight excluding hydrogens is 270 g/mol. The molecule has 7 heteroatoms. The van der Waals surface area contributed by atoms with Gasteiger partial charge in [-0.05, 0) is 0 Å². The maximum absolute atomic E-state index is 10.4. The maximum atomic E-state index is 10.4. The fourth-order valence-corrected chi connectivity index (χ4v) is 2.76. The lowest BCUT2D eigenvalue weighted by Crippen LogP contribution is -2.05. The Balaban J connectivity index is 1.74. The van der Waals surface area contributed by atoms with Crippen LogP contribution in [0.1, 0.15) is 17.8 Å². The molecule has 0 fully saturated rings. The molecule has 2 N–H and O–H groups in total. The molecule has 0 unspecified atom stereocenters. The SMILES string of the molecule is O=C(O)CCc1csc(NCCc2cscn2)n1. The van der Waals surface area contributed by atoms with Gasteiger partial charge in [-0.1, -0.05) is 0 Å². The van der Waals surface area contributed by atoms with Gasteiger partial charge in [0, 0.05) is 30.1 Å². The summed E-state index contributed by atoms with van der Waals surface area (Å²) in [6.07, 6.45) is 1.48. The normalized spacial score (nSPS) is 10.4. The van der Waals surface area contributed by atoms with Crippen LogP contribution < -0.4 is 5.32 Å². The number of nitrogens with zero attached hydrogens (tertiary/aromatic N) is 2. The summed E-state index contributed by atoms with van der Waals surface area (Å²) in [6.45, 7) is 0.787. The molecule has 18 heavy (non-hydrogen) atoms. The summed E-state index contributed by atoms with van der Waals surface area (Å²) in [6, 6.07) is 0. The van der Waals surface area contributed by atoms with Gasteiger partial charge in [-0.3, -0.25) is 4.79 Å². The first-order valence-electron chi connectivity index (χ1n) is 5.51. The molecule has 2 aromatic heterocycles. The van der Waals surface area contributed by atoms with Crippen molar-refractivity contribution in [3.05, 3.63) is 27.7 Å². The maximum Gasteiger partial charge on any atom is 0.303 e. The Labute approximate surface area is 113 Å². The van der Waals surface area contributed by atoms with Gasteiger partial charge in [-0.15, -0.1) is 22.7 Å². The van der Waals surface area contributed by atoms with Crippen LogP contribution in [-0.4, -0.2) is 27.6 Å². The smallest absolute Gasteiger partial charge is 0.303 e. The van der Waals surface area contributed by atoms with Gasteiger partial charge in [0.2, 0.25) is 0 Å². The molecular formula is C11H13N3O2S2. The van der Waals surface area contributed by atoms with Gasteiger partial charge < -0.3 is 10.4 Å². The van der Waals surface area contributed by atoms with E-state index in [-0.39, 0.29) is 6.42 Å². The number of carboxylic acids is 1. The molecule has 96 valence electrons. The van der Waals surface area contributed by atoms with E-state index in [0.29, 0.717) is 6.42 Å². The van der Waals surface area contributed by atoms with Crippen molar-refractivity contribution < 1.29 is 9.90 Å². The van der Waals surface area contributed by atoms with Gasteiger partial charge >= 0.3 is 5.97 Å². The van der Waals surface area contributed by atoms with Crippen LogP contribution in [0.5, 0.6) is 0 Å². The summed E-state index contributed by atoms with van der Waals surface area (Å²) < 4.78 is 0. The Morgan fingerprint density at radius 1 is 1.33 bits per heavy atom. The second kappa shape index (κ2) is 6.46. The molecule has 0 aliphatic carbocycles. The highest BCUT2D eigenvalue weighted by Gasteiger charge is 2.04. The van der Waals surface area contributed by atoms with Crippen LogP contribution in [0.3, 0.4) is 0 Å². The predicted octanol–water partition coefficient (Wildman–Crippen LogP) is 2.27. The first-order chi connectivity index (χ1) is 8.74. The zero-order valence-corrected chi connectivity index (χ0v) is 11.3. The first kappa shape index (κ1) is 13.0. The van der Waals surface area contributed by atoms with Crippen LogP contribution in [0.4, 0.5) is 5.13 Å². The molecule has 0 atom stereocenters. The topological polar surface area (TPSA) is 75.1 Å². The molecule has 2 aromatic rings. The lowest BCUT2D eigenvalue weighted by atomic mass is 10.2. The summed E-state index contributed by atoms with van der Waals surface area (Å²) in [7, 11) is 0. The quantitative estimate of drug-likeness (QED) is 0.815. The fourth-order valence-electron chi connectivity index (χ4n) is 1.40. The third-order valence-corrected chi connectivity index (χ3v) is 3.77. The standard InChI is InChI=1S/C11H13N3O2S2/c15-10(16)2-1-9-6-18-11(14-9)12-4-3-8-5-17-7-13-8/h5-7H,1-4H2,(H,12,14)(H,15,16). The van der Waals surface area contributed by atoms with Gasteiger partial charge in [0.15, 0.2) is 5.13 Å². The summed E-state index contributed by atoms with van der Waals surface area (Å²) in [5.74, 6) is -0.791. The fraction of sp³-hybridized carbons (Fsp3) is 0.364. The van der Waals surface area contributed by atoms with Crippen molar-refractivity contribution in [2.75, 3.05) is 11.9 Å². The van der Waals surface area contributed by atoms with Crippen molar-refractivity contribution in [3.8, 4) is 0 Å². The van der Waals surface area contributed by atoms with Crippen molar-refractivity contribution in [3.63, 3.8) is 0 Å². The van der Waals surface area contributed by atoms with Gasteiger partial charge in [0.05, 0.1) is 23.3 Å². The van der Waals surface area contributed by atoms with Crippen molar-refractivity contribution in [1.82, 2.24) is 9.97 Å². The summed E-state index contributed by atoms with van der Waals surface area (Å²) in [4.78, 5) is 19.0. The Kier molecular flexibility index (Phi) is 4.66. The minimum Gasteiger partial charge on any atom is -0.481 e. The van der Waals surface area contributed by atoms with Crippen LogP contribution >= 0.6 is 22.7 Å². The predicted molar refractivity (Wildman–Crippen MR) is 72.4 cm³/mol. The first-order valence-corrected chi connectivity index (χ1v) is 7.33. The average Bonchev–Trinajstić information content (AvgIpc) is 2.97. The lowest BCUT2D eigenvalue weighted by Gasteiger charge is -1.99. The molecule has 0 aromatic carbocycles. The van der Waals surface area contributed by atoms with Gasteiger partial charge in [-0.25, -0.2) is 9.97 Å². The van der Waals surface area contributed by atoms with E-state index in [4.69, 9.17) is 5.11 Å². The van der Waals surface area contributed by atoms with Gasteiger partial charge in [0.25, 0.3) is 0 Å². The Morgan fingerprint density at radius 2 is 2.22 bits per heavy atom. The van der Waals surface area contributed by atoms with E-state index in [1.165, 1.54) is 11.3 Å². The number of aliphatic carboxylic acids is 1. The summed E-state index contributed by atoms with van der Waals surface area (Å²) >= 11 is 3.10. The second-order valence-corrected chi connectivity index (χ2v) is 5.27. The minimum atomic E-state index is -0.791. The Hall–Kier alpha value is -1.47. The third kappa shape index (κ3) is 4.08. The molecule has 5 nitrogen and oxygen atoms in total. The lowest BCUT2D eigenvalue weighted by molar-refractivity contribution is -0.136. The highest BCUT2D eigenvalue weighted by atomic mass is 32.1. The Bertz CT molecular complexity index is 496. The van der Waals surface area contributed by atoms with Crippen molar-refractivity contribution in [1.29, 1.82) is 0 Å². The van der Waals surface area contributed by atoms with E-state index in [1.54, 1.807) is 11.3 Å². The molecule has 2 rings (SSSR count). The highest BCUT2D eigenvalue weighted by molar-refractivity contribution is 7.13. The number of aryl methyl sites for hydroxylation is 1. The average molecular weight is 283 g/mol. The minimum absolute atomic E-state index is 0.127. The zero-order chi connectivity index (χ0) is 12.8. The molecule has 0 aliphatic rings. The zero-order valence-electron chi connectivity index (χ0n) is 9.63. The van der Waals surface area contributed by atoms with E-state index in [2.05, 4.69) is 15.3 Å². The molecule has 0 saturated carbocycles. The number of carbonyl (C=O) groups is 1. The number of anilines is 1. The highest BCUT2D eigenvalue weighted by Crippen LogP contribution is 2.16. The van der Waals surface area contributed by atoms with E-state index in [1.807, 2.05) is 16.3 Å². The largest absolute Gasteiger partial charge is 0.481 e. The molecule has 0 radical (unpaired) electrons. The van der Waals surface area contributed by atoms with Crippen LogP contribution in [-0.2, 0) is 17.6 Å². The third-order valence-electron chi connectivity index (χ3n) is 2.29. The Morgan fingerprint density at radius 3 is 2.94 bits per heavy atom. The number of hydrogen-bond donors (Lipinski definition) is 2. The van der Waals surface area contributed by atoms with Crippen molar-refractivity contribution >= 4 is 33.8 Å². The molecule has 0 aliphatic heterocycles. The molecule has 0 saturated heterocycles.